The molecular weight excluding hydrogens is 206 g/mol. The predicted molar refractivity (Wildman–Crippen MR) is 30.6 cm³/mol. The first kappa shape index (κ1) is 13.8. The van der Waals surface area contributed by atoms with Gasteiger partial charge in [-0.2, -0.15) is 13.2 Å². The average molecular weight is 216 g/mol. The third-order valence-electron chi connectivity index (χ3n) is 0.916. The van der Waals surface area contributed by atoms with E-state index < -0.39 is 12.3 Å². The van der Waals surface area contributed by atoms with Crippen LogP contribution in [0.2, 0.25) is 0 Å². The Labute approximate surface area is 73.6 Å². The van der Waals surface area contributed by atoms with Gasteiger partial charge in [-0.1, -0.05) is 0 Å². The molecule has 1 unspecified atom stereocenters. The third-order valence-corrected chi connectivity index (χ3v) is 0.916. The van der Waals surface area contributed by atoms with E-state index in [4.69, 9.17) is 5.11 Å². The Kier molecular flexibility index (Phi) is 6.22. The number of rotatable bonds is 2. The summed E-state index contributed by atoms with van der Waals surface area (Å²) in [7, 11) is 2.93. The second-order valence-electron chi connectivity index (χ2n) is 2.32. The van der Waals surface area contributed by atoms with E-state index in [9.17, 15) is 13.2 Å². The second kappa shape index (κ2) is 4.97. The van der Waals surface area contributed by atoms with Crippen LogP contribution < -0.4 is 0 Å². The van der Waals surface area contributed by atoms with Crippen molar-refractivity contribution in [1.82, 2.24) is 4.90 Å². The number of halogens is 3. The minimum Gasteiger partial charge on any atom is -0.382 e. The smallest absolute Gasteiger partial charge is 0.382 e. The number of aliphatic hydroxyl groups excluding tert-OH is 1. The summed E-state index contributed by atoms with van der Waals surface area (Å²) in [6, 6.07) is 0. The van der Waals surface area contributed by atoms with Gasteiger partial charge < -0.3 is 10.0 Å². The quantitative estimate of drug-likeness (QED) is 0.725. The molecule has 0 aromatic rings. The number of hydrogen-bond acceptors (Lipinski definition) is 2. The Morgan fingerprint density at radius 1 is 1.36 bits per heavy atom. The summed E-state index contributed by atoms with van der Waals surface area (Å²) in [6.07, 6.45) is -6.73. The fraction of sp³-hybridized carbons (Fsp3) is 1.00. The van der Waals surface area contributed by atoms with Crippen molar-refractivity contribution in [3.05, 3.63) is 0 Å². The number of hydrogen-bond donors (Lipinski definition) is 1. The van der Waals surface area contributed by atoms with Crippen LogP contribution in [0.3, 0.4) is 0 Å². The van der Waals surface area contributed by atoms with Crippen molar-refractivity contribution in [2.24, 2.45) is 0 Å². The molecule has 6 heteroatoms. The Morgan fingerprint density at radius 3 is 1.82 bits per heavy atom. The van der Waals surface area contributed by atoms with Crippen molar-refractivity contribution in [2.45, 2.75) is 12.3 Å². The van der Waals surface area contributed by atoms with Crippen molar-refractivity contribution in [2.75, 3.05) is 20.6 Å². The zero-order valence-corrected chi connectivity index (χ0v) is 7.19. The maximum absolute atomic E-state index is 11.5. The molecule has 11 heavy (non-hydrogen) atoms. The minimum absolute atomic E-state index is 0. The summed E-state index contributed by atoms with van der Waals surface area (Å²) in [4.78, 5) is 1.28. The van der Waals surface area contributed by atoms with Gasteiger partial charge in [-0.15, -0.1) is 0 Å². The van der Waals surface area contributed by atoms with E-state index in [-0.39, 0.29) is 23.3 Å². The predicted octanol–water partition coefficient (Wildman–Crippen LogP) is 0.469. The largest absolute Gasteiger partial charge is 0.415 e. The topological polar surface area (TPSA) is 23.5 Å². The molecule has 0 saturated heterocycles. The molecule has 1 N–H and O–H groups in total. The van der Waals surface area contributed by atoms with Gasteiger partial charge in [-0.25, -0.2) is 0 Å². The standard InChI is InChI=1S/C5H10F3NO.Co/c1-9(2)3-4(10)5(6,7)8;/h4,10H,3H2,1-2H3;. The molecule has 0 spiro atoms. The fourth-order valence-corrected chi connectivity index (χ4v) is 0.449. The molecule has 0 aliphatic rings. The van der Waals surface area contributed by atoms with E-state index in [1.807, 2.05) is 0 Å². The first-order chi connectivity index (χ1) is 4.34. The van der Waals surface area contributed by atoms with E-state index in [1.165, 1.54) is 19.0 Å². The summed E-state index contributed by atoms with van der Waals surface area (Å²) >= 11 is 0. The van der Waals surface area contributed by atoms with Crippen LogP contribution >= 0.6 is 0 Å². The van der Waals surface area contributed by atoms with Gasteiger partial charge in [0.2, 0.25) is 0 Å². The van der Waals surface area contributed by atoms with Crippen molar-refractivity contribution in [1.29, 1.82) is 0 Å². The van der Waals surface area contributed by atoms with Gasteiger partial charge in [0.1, 0.15) is 0 Å². The minimum atomic E-state index is -4.50. The first-order valence-corrected chi connectivity index (χ1v) is 2.73. The molecule has 0 fully saturated rings. The van der Waals surface area contributed by atoms with Crippen LogP contribution in [-0.4, -0.2) is 42.9 Å². The second-order valence-corrected chi connectivity index (χ2v) is 2.32. The van der Waals surface area contributed by atoms with Crippen molar-refractivity contribution in [3.8, 4) is 0 Å². The van der Waals surface area contributed by atoms with E-state index in [0.717, 1.165) is 0 Å². The van der Waals surface area contributed by atoms with Gasteiger partial charge in [0.05, 0.1) is 0 Å². The van der Waals surface area contributed by atoms with Gasteiger partial charge in [-0.3, -0.25) is 0 Å². The normalized spacial score (nSPS) is 14.5. The zero-order valence-electron chi connectivity index (χ0n) is 6.15. The molecule has 0 heterocycles. The maximum atomic E-state index is 11.5. The Hall–Kier alpha value is 0.216. The zero-order chi connectivity index (χ0) is 8.36. The van der Waals surface area contributed by atoms with Crippen LogP contribution in [0.15, 0.2) is 0 Å². The van der Waals surface area contributed by atoms with Crippen LogP contribution in [-0.2, 0) is 16.8 Å². The first-order valence-electron chi connectivity index (χ1n) is 2.73. The summed E-state index contributed by atoms with van der Waals surface area (Å²) < 4.78 is 34.6. The van der Waals surface area contributed by atoms with Crippen molar-refractivity contribution < 1.29 is 35.1 Å². The summed E-state index contributed by atoms with van der Waals surface area (Å²) in [5.41, 5.74) is 0. The molecule has 0 bridgehead atoms. The van der Waals surface area contributed by atoms with Gasteiger partial charge in [0.25, 0.3) is 0 Å². The summed E-state index contributed by atoms with van der Waals surface area (Å²) in [5, 5.41) is 8.39. The molecule has 0 amide bonds. The summed E-state index contributed by atoms with van der Waals surface area (Å²) in [5.74, 6) is 0. The van der Waals surface area contributed by atoms with Crippen LogP contribution in [0, 0.1) is 0 Å². The average Bonchev–Trinajstić information content (AvgIpc) is 1.60. The molecule has 0 aliphatic carbocycles. The molecule has 1 atom stereocenters. The Balaban J connectivity index is 0. The number of aliphatic hydroxyl groups is 1. The number of likely N-dealkylation sites (N-methyl/N-ethyl adjacent to an activating group) is 1. The van der Waals surface area contributed by atoms with E-state index >= 15 is 0 Å². The molecular formula is C5H10CoF3NO. The van der Waals surface area contributed by atoms with E-state index in [2.05, 4.69) is 0 Å². The van der Waals surface area contributed by atoms with Crippen LogP contribution in [0.25, 0.3) is 0 Å². The third kappa shape index (κ3) is 6.61. The molecule has 0 saturated carbocycles. The number of nitrogens with zero attached hydrogens (tertiary/aromatic N) is 1. The van der Waals surface area contributed by atoms with Gasteiger partial charge in [0.15, 0.2) is 6.10 Å². The molecule has 0 aromatic carbocycles. The Bertz CT molecular complexity index is 106. The van der Waals surface area contributed by atoms with E-state index in [1.54, 1.807) is 0 Å². The van der Waals surface area contributed by atoms with E-state index in [0.29, 0.717) is 0 Å². The Morgan fingerprint density at radius 2 is 1.73 bits per heavy atom. The van der Waals surface area contributed by atoms with Crippen molar-refractivity contribution in [3.63, 3.8) is 0 Å². The van der Waals surface area contributed by atoms with Gasteiger partial charge in [0, 0.05) is 23.3 Å². The monoisotopic (exact) mass is 216 g/mol. The SMILES string of the molecule is CN(C)CC(O)C(F)(F)F.[Co]. The van der Waals surface area contributed by atoms with Crippen LogP contribution in [0.4, 0.5) is 13.2 Å². The molecule has 0 rings (SSSR count). The van der Waals surface area contributed by atoms with Crippen LogP contribution in [0.1, 0.15) is 0 Å². The van der Waals surface area contributed by atoms with Gasteiger partial charge >= 0.3 is 6.18 Å². The fourth-order valence-electron chi connectivity index (χ4n) is 0.449. The van der Waals surface area contributed by atoms with Gasteiger partial charge in [-0.05, 0) is 14.1 Å². The number of alkyl halides is 3. The maximum Gasteiger partial charge on any atom is 0.415 e. The molecule has 1 radical (unpaired) electrons. The van der Waals surface area contributed by atoms with Crippen molar-refractivity contribution >= 4 is 0 Å². The summed E-state index contributed by atoms with van der Waals surface area (Å²) in [6.45, 7) is -0.385. The molecule has 71 valence electrons. The van der Waals surface area contributed by atoms with Crippen LogP contribution in [0.5, 0.6) is 0 Å². The molecule has 0 aromatic heterocycles. The molecule has 0 aliphatic heterocycles. The molecule has 2 nitrogen and oxygen atoms in total.